The molecule has 0 radical (unpaired) electrons. The van der Waals surface area contributed by atoms with Crippen molar-refractivity contribution in [3.8, 4) is 20.9 Å². The van der Waals surface area contributed by atoms with E-state index in [2.05, 4.69) is 98.0 Å². The van der Waals surface area contributed by atoms with Crippen LogP contribution in [0.15, 0.2) is 83.9 Å². The van der Waals surface area contributed by atoms with Crippen LogP contribution in [0.1, 0.15) is 55.7 Å². The van der Waals surface area contributed by atoms with Crippen LogP contribution in [0.5, 0.6) is 0 Å². The van der Waals surface area contributed by atoms with E-state index in [4.69, 9.17) is 4.99 Å². The van der Waals surface area contributed by atoms with Crippen molar-refractivity contribution in [2.45, 2.75) is 58.8 Å². The number of rotatable bonds is 9. The van der Waals surface area contributed by atoms with E-state index in [9.17, 15) is 0 Å². The molecule has 0 atom stereocenters. The van der Waals surface area contributed by atoms with Gasteiger partial charge in [-0.1, -0.05) is 51.0 Å². The van der Waals surface area contributed by atoms with Gasteiger partial charge < -0.3 is 5.32 Å². The molecule has 0 aliphatic heterocycles. The number of allylic oxidation sites excluding steroid dienone is 2. The van der Waals surface area contributed by atoms with Crippen LogP contribution in [0.2, 0.25) is 0 Å². The number of hydrogen-bond donors (Lipinski definition) is 1. The molecule has 4 aromatic rings. The number of hydrogen-bond acceptors (Lipinski definition) is 4. The molecule has 1 aliphatic carbocycles. The first-order chi connectivity index (χ1) is 17.7. The van der Waals surface area contributed by atoms with Gasteiger partial charge in [0, 0.05) is 47.7 Å². The van der Waals surface area contributed by atoms with Crippen molar-refractivity contribution in [1.82, 2.24) is 0 Å². The molecule has 2 nitrogen and oxygen atoms in total. The SMILES string of the molecule is CCCc1ccc(-c2cc(Nc3ccccc3)c(-c3ccc(CCC)s3)cc2N=C2C=CCCC2)s1. The van der Waals surface area contributed by atoms with Crippen molar-refractivity contribution in [2.75, 3.05) is 5.32 Å². The highest BCUT2D eigenvalue weighted by atomic mass is 32.1. The number of aryl methyl sites for hydroxylation is 2. The molecule has 0 fully saturated rings. The highest BCUT2D eigenvalue weighted by Crippen LogP contribution is 2.45. The van der Waals surface area contributed by atoms with Gasteiger partial charge in [0.15, 0.2) is 0 Å². The Morgan fingerprint density at radius 1 is 0.806 bits per heavy atom. The smallest absolute Gasteiger partial charge is 0.0727 e. The summed E-state index contributed by atoms with van der Waals surface area (Å²) < 4.78 is 0. The molecule has 0 unspecified atom stereocenters. The molecule has 0 amide bonds. The number of benzene rings is 2. The topological polar surface area (TPSA) is 24.4 Å². The van der Waals surface area contributed by atoms with E-state index in [1.807, 2.05) is 22.7 Å². The Morgan fingerprint density at radius 2 is 1.50 bits per heavy atom. The van der Waals surface area contributed by atoms with Gasteiger partial charge in [-0.05, 0) is 86.7 Å². The molecule has 5 rings (SSSR count). The summed E-state index contributed by atoms with van der Waals surface area (Å²) in [5.74, 6) is 0. The normalized spacial score (nSPS) is 14.4. The average molecular weight is 511 g/mol. The number of para-hydroxylation sites is 1. The highest BCUT2D eigenvalue weighted by molar-refractivity contribution is 7.16. The second-order valence-electron chi connectivity index (χ2n) is 9.34. The minimum Gasteiger partial charge on any atom is -0.355 e. The highest BCUT2D eigenvalue weighted by Gasteiger charge is 2.17. The number of nitrogens with zero attached hydrogens (tertiary/aromatic N) is 1. The fourth-order valence-corrected chi connectivity index (χ4v) is 6.89. The Labute approximate surface area is 223 Å². The monoisotopic (exact) mass is 510 g/mol. The van der Waals surface area contributed by atoms with Crippen molar-refractivity contribution in [1.29, 1.82) is 0 Å². The maximum atomic E-state index is 5.24. The van der Waals surface area contributed by atoms with E-state index >= 15 is 0 Å². The first-order valence-electron chi connectivity index (χ1n) is 13.2. The lowest BCUT2D eigenvalue weighted by Crippen LogP contribution is -1.98. The van der Waals surface area contributed by atoms with E-state index in [1.165, 1.54) is 42.8 Å². The molecular formula is C32H34N2S2. The van der Waals surface area contributed by atoms with Crippen LogP contribution in [0.3, 0.4) is 0 Å². The summed E-state index contributed by atoms with van der Waals surface area (Å²) in [6.45, 7) is 4.49. The van der Waals surface area contributed by atoms with Gasteiger partial charge in [-0.2, -0.15) is 0 Å². The summed E-state index contributed by atoms with van der Waals surface area (Å²) >= 11 is 3.80. The van der Waals surface area contributed by atoms with Gasteiger partial charge in [0.25, 0.3) is 0 Å². The first-order valence-corrected chi connectivity index (χ1v) is 14.8. The summed E-state index contributed by atoms with van der Waals surface area (Å²) in [4.78, 5) is 10.7. The summed E-state index contributed by atoms with van der Waals surface area (Å²) in [6.07, 6.45) is 12.4. The first kappa shape index (κ1) is 24.7. The minimum absolute atomic E-state index is 1.04. The van der Waals surface area contributed by atoms with Crippen molar-refractivity contribution in [3.63, 3.8) is 0 Å². The van der Waals surface area contributed by atoms with Gasteiger partial charge in [0.2, 0.25) is 0 Å². The van der Waals surface area contributed by atoms with Crippen LogP contribution in [-0.2, 0) is 12.8 Å². The van der Waals surface area contributed by atoms with Crippen LogP contribution < -0.4 is 5.32 Å². The molecule has 1 aliphatic rings. The van der Waals surface area contributed by atoms with Gasteiger partial charge in [-0.15, -0.1) is 22.7 Å². The summed E-state index contributed by atoms with van der Waals surface area (Å²) in [5, 5.41) is 3.73. The zero-order chi connectivity index (χ0) is 24.7. The Hall–Kier alpha value is -2.95. The van der Waals surface area contributed by atoms with E-state index < -0.39 is 0 Å². The number of thiophene rings is 2. The predicted molar refractivity (Wildman–Crippen MR) is 161 cm³/mol. The van der Waals surface area contributed by atoms with E-state index in [0.717, 1.165) is 55.6 Å². The lowest BCUT2D eigenvalue weighted by molar-refractivity contribution is 0.879. The van der Waals surface area contributed by atoms with E-state index in [-0.39, 0.29) is 0 Å². The standard InChI is InChI=1S/C32H34N2S2/c1-3-11-25-17-19-31(35-25)27-21-30(34-24-15-9-6-10-16-24)28(32-20-18-26(36-32)12-4-2)22-29(27)33-23-13-7-5-8-14-23/h5,7-9,13-15,17-22,33H,3-4,6,10-12,16H2,1-2H3. The molecule has 2 aromatic carbocycles. The number of aliphatic imine (C=N–C) groups is 1. The van der Waals surface area contributed by atoms with Crippen LogP contribution in [-0.4, -0.2) is 5.71 Å². The molecule has 2 heterocycles. The van der Waals surface area contributed by atoms with E-state index in [1.54, 1.807) is 0 Å². The molecule has 0 saturated heterocycles. The van der Waals surface area contributed by atoms with Gasteiger partial charge >= 0.3 is 0 Å². The summed E-state index contributed by atoms with van der Waals surface area (Å²) in [5.41, 5.74) is 6.92. The molecule has 2 aromatic heterocycles. The van der Waals surface area contributed by atoms with Gasteiger partial charge in [-0.25, -0.2) is 0 Å². The van der Waals surface area contributed by atoms with Crippen molar-refractivity contribution < 1.29 is 0 Å². The lowest BCUT2D eigenvalue weighted by atomic mass is 10.0. The van der Waals surface area contributed by atoms with E-state index in [0.29, 0.717) is 0 Å². The predicted octanol–water partition coefficient (Wildman–Crippen LogP) is 10.6. The van der Waals surface area contributed by atoms with Crippen molar-refractivity contribution >= 4 is 45.4 Å². The Balaban J connectivity index is 1.68. The quantitative estimate of drug-likeness (QED) is 0.238. The van der Waals surface area contributed by atoms with Gasteiger partial charge in [-0.3, -0.25) is 4.99 Å². The fourth-order valence-electron chi connectivity index (χ4n) is 4.62. The third kappa shape index (κ3) is 5.88. The third-order valence-corrected chi connectivity index (χ3v) is 8.77. The van der Waals surface area contributed by atoms with Crippen molar-refractivity contribution in [2.24, 2.45) is 4.99 Å². The summed E-state index contributed by atoms with van der Waals surface area (Å²) in [6, 6.07) is 24.3. The zero-order valence-electron chi connectivity index (χ0n) is 21.2. The molecule has 4 heteroatoms. The Morgan fingerprint density at radius 3 is 2.14 bits per heavy atom. The lowest BCUT2D eigenvalue weighted by Gasteiger charge is -2.16. The molecule has 0 spiro atoms. The maximum absolute atomic E-state index is 5.24. The summed E-state index contributed by atoms with van der Waals surface area (Å²) in [7, 11) is 0. The van der Waals surface area contributed by atoms with Gasteiger partial charge in [0.05, 0.1) is 5.69 Å². The van der Waals surface area contributed by atoms with Crippen molar-refractivity contribution in [3.05, 3.63) is 88.6 Å². The average Bonchev–Trinajstić information content (AvgIpc) is 3.56. The fraction of sp³-hybridized carbons (Fsp3) is 0.281. The number of nitrogens with one attached hydrogen (secondary N) is 1. The van der Waals surface area contributed by atoms with Crippen LogP contribution in [0, 0.1) is 0 Å². The Bertz CT molecular complexity index is 1360. The minimum atomic E-state index is 1.04. The largest absolute Gasteiger partial charge is 0.355 e. The molecule has 1 N–H and O–H groups in total. The second kappa shape index (κ2) is 11.9. The van der Waals surface area contributed by atoms with Crippen LogP contribution in [0.25, 0.3) is 20.9 Å². The molecule has 0 bridgehead atoms. The maximum Gasteiger partial charge on any atom is 0.0727 e. The zero-order valence-corrected chi connectivity index (χ0v) is 22.9. The third-order valence-electron chi connectivity index (χ3n) is 6.41. The molecule has 36 heavy (non-hydrogen) atoms. The van der Waals surface area contributed by atoms with Gasteiger partial charge in [0.1, 0.15) is 0 Å². The molecular weight excluding hydrogens is 477 g/mol. The molecule has 0 saturated carbocycles. The molecule has 184 valence electrons. The number of anilines is 2. The van der Waals surface area contributed by atoms with Crippen LogP contribution >= 0.6 is 22.7 Å². The second-order valence-corrected chi connectivity index (χ2v) is 11.7. The van der Waals surface area contributed by atoms with Crippen LogP contribution in [0.4, 0.5) is 17.1 Å². The Kier molecular flexibility index (Phi) is 8.15.